The van der Waals surface area contributed by atoms with Crippen LogP contribution < -0.4 is 10.5 Å². The van der Waals surface area contributed by atoms with Crippen LogP contribution in [0.5, 0.6) is 5.75 Å². The topological polar surface area (TPSA) is 48.4 Å². The second kappa shape index (κ2) is 6.88. The van der Waals surface area contributed by atoms with E-state index in [1.54, 1.807) is 0 Å². The number of hydrogen-bond donors (Lipinski definition) is 1. The van der Waals surface area contributed by atoms with Gasteiger partial charge in [0, 0.05) is 5.39 Å². The summed E-state index contributed by atoms with van der Waals surface area (Å²) in [6, 6.07) is 16.7. The third-order valence-electron chi connectivity index (χ3n) is 3.99. The van der Waals surface area contributed by atoms with Gasteiger partial charge in [0.2, 0.25) is 0 Å². The van der Waals surface area contributed by atoms with Gasteiger partial charge in [-0.25, -0.2) is 0 Å². The van der Waals surface area contributed by atoms with Crippen molar-refractivity contribution >= 4 is 11.0 Å². The maximum atomic E-state index is 5.88. The summed E-state index contributed by atoms with van der Waals surface area (Å²) in [5.41, 5.74) is 9.41. The average molecular weight is 309 g/mol. The summed E-state index contributed by atoms with van der Waals surface area (Å²) in [6.07, 6.45) is 2.01. The van der Waals surface area contributed by atoms with Crippen molar-refractivity contribution in [2.45, 2.75) is 32.7 Å². The van der Waals surface area contributed by atoms with Gasteiger partial charge in [0.25, 0.3) is 0 Å². The van der Waals surface area contributed by atoms with E-state index in [4.69, 9.17) is 14.9 Å². The summed E-state index contributed by atoms with van der Waals surface area (Å²) in [5, 5.41) is 1.13. The lowest BCUT2D eigenvalue weighted by molar-refractivity contribution is 0.340. The molecule has 0 aliphatic carbocycles. The van der Waals surface area contributed by atoms with Crippen molar-refractivity contribution in [2.24, 2.45) is 5.73 Å². The first kappa shape index (κ1) is 15.6. The Kier molecular flexibility index (Phi) is 4.68. The Bertz CT molecular complexity index is 772. The van der Waals surface area contributed by atoms with Crippen LogP contribution in [-0.2, 0) is 12.8 Å². The molecule has 23 heavy (non-hydrogen) atoms. The zero-order chi connectivity index (χ0) is 16.2. The van der Waals surface area contributed by atoms with Crippen LogP contribution in [0.1, 0.15) is 36.8 Å². The number of ether oxygens (including phenoxy) is 1. The van der Waals surface area contributed by atoms with E-state index in [9.17, 15) is 0 Å². The molecule has 0 aliphatic rings. The Morgan fingerprint density at radius 2 is 1.70 bits per heavy atom. The lowest BCUT2D eigenvalue weighted by Gasteiger charge is -2.05. The normalized spacial score (nSPS) is 12.5. The van der Waals surface area contributed by atoms with E-state index < -0.39 is 0 Å². The Labute approximate surface area is 137 Å². The molecule has 2 N–H and O–H groups in total. The van der Waals surface area contributed by atoms with Gasteiger partial charge in [-0.2, -0.15) is 0 Å². The van der Waals surface area contributed by atoms with Crippen molar-refractivity contribution in [2.75, 3.05) is 6.61 Å². The minimum absolute atomic E-state index is 0.0743. The molecule has 1 aromatic heterocycles. The van der Waals surface area contributed by atoms with Gasteiger partial charge in [-0.1, -0.05) is 18.2 Å². The summed E-state index contributed by atoms with van der Waals surface area (Å²) in [6.45, 7) is 4.63. The predicted octanol–water partition coefficient (Wildman–Crippen LogP) is 4.64. The fraction of sp³-hybridized carbons (Fsp3) is 0.300. The molecular formula is C20H23NO2. The fourth-order valence-corrected chi connectivity index (χ4v) is 2.70. The van der Waals surface area contributed by atoms with Crippen molar-refractivity contribution in [3.8, 4) is 5.75 Å². The molecule has 0 saturated heterocycles. The van der Waals surface area contributed by atoms with Crippen LogP contribution in [0.3, 0.4) is 0 Å². The highest BCUT2D eigenvalue weighted by molar-refractivity contribution is 5.78. The van der Waals surface area contributed by atoms with Crippen LogP contribution in [0.4, 0.5) is 0 Å². The van der Waals surface area contributed by atoms with E-state index >= 15 is 0 Å². The van der Waals surface area contributed by atoms with E-state index in [-0.39, 0.29) is 6.04 Å². The van der Waals surface area contributed by atoms with Crippen LogP contribution >= 0.6 is 0 Å². The molecule has 1 heterocycles. The highest BCUT2D eigenvalue weighted by atomic mass is 16.5. The van der Waals surface area contributed by atoms with Gasteiger partial charge in [0.15, 0.2) is 0 Å². The van der Waals surface area contributed by atoms with Gasteiger partial charge in [0.1, 0.15) is 17.1 Å². The highest BCUT2D eigenvalue weighted by Gasteiger charge is 2.08. The molecule has 3 heteroatoms. The quantitative estimate of drug-likeness (QED) is 0.722. The van der Waals surface area contributed by atoms with Crippen molar-refractivity contribution in [1.29, 1.82) is 0 Å². The second-order valence-corrected chi connectivity index (χ2v) is 5.89. The van der Waals surface area contributed by atoms with E-state index in [1.165, 1.54) is 11.1 Å². The first-order valence-electron chi connectivity index (χ1n) is 8.15. The van der Waals surface area contributed by atoms with Crippen LogP contribution in [0.25, 0.3) is 11.0 Å². The smallest absolute Gasteiger partial charge is 0.134 e. The van der Waals surface area contributed by atoms with Crippen molar-refractivity contribution in [1.82, 2.24) is 0 Å². The van der Waals surface area contributed by atoms with Crippen molar-refractivity contribution < 1.29 is 9.15 Å². The molecule has 120 valence electrons. The highest BCUT2D eigenvalue weighted by Crippen LogP contribution is 2.24. The maximum absolute atomic E-state index is 5.88. The van der Waals surface area contributed by atoms with Gasteiger partial charge in [-0.05, 0) is 68.1 Å². The minimum Gasteiger partial charge on any atom is -0.494 e. The molecule has 0 spiro atoms. The van der Waals surface area contributed by atoms with E-state index in [0.717, 1.165) is 35.3 Å². The zero-order valence-electron chi connectivity index (χ0n) is 13.7. The van der Waals surface area contributed by atoms with E-state index in [0.29, 0.717) is 6.61 Å². The Balaban J connectivity index is 1.68. The predicted molar refractivity (Wildman–Crippen MR) is 93.8 cm³/mol. The van der Waals surface area contributed by atoms with Gasteiger partial charge in [-0.15, -0.1) is 0 Å². The number of hydrogen-bond acceptors (Lipinski definition) is 3. The number of rotatable bonds is 6. The summed E-state index contributed by atoms with van der Waals surface area (Å²) in [4.78, 5) is 0. The molecule has 0 saturated carbocycles. The number of aryl methyl sites for hydroxylation is 2. The van der Waals surface area contributed by atoms with Gasteiger partial charge < -0.3 is 14.9 Å². The zero-order valence-corrected chi connectivity index (χ0v) is 13.7. The van der Waals surface area contributed by atoms with Crippen molar-refractivity contribution in [3.63, 3.8) is 0 Å². The van der Waals surface area contributed by atoms with Crippen LogP contribution in [0.15, 0.2) is 52.9 Å². The molecule has 3 rings (SSSR count). The Morgan fingerprint density at radius 3 is 2.39 bits per heavy atom. The molecular weight excluding hydrogens is 286 g/mol. The molecule has 0 radical (unpaired) electrons. The monoisotopic (exact) mass is 309 g/mol. The Morgan fingerprint density at radius 1 is 1.00 bits per heavy atom. The van der Waals surface area contributed by atoms with Gasteiger partial charge in [0.05, 0.1) is 12.6 Å². The second-order valence-electron chi connectivity index (χ2n) is 5.89. The minimum atomic E-state index is -0.0743. The molecule has 1 atom stereocenters. The molecule has 3 aromatic rings. The maximum Gasteiger partial charge on any atom is 0.134 e. The number of nitrogens with two attached hydrogens (primary N) is 1. The molecule has 3 nitrogen and oxygen atoms in total. The van der Waals surface area contributed by atoms with E-state index in [1.807, 2.05) is 38.1 Å². The lowest BCUT2D eigenvalue weighted by atomic mass is 10.0. The summed E-state index contributed by atoms with van der Waals surface area (Å²) < 4.78 is 11.2. The molecule has 2 aromatic carbocycles. The van der Waals surface area contributed by atoms with E-state index in [2.05, 4.69) is 24.3 Å². The standard InChI is InChI=1S/C20H23NO2/c1-3-22-18-9-6-15(7-10-18)4-5-16-8-11-19-17(12-16)13-20(23-19)14(2)21/h6-14H,3-5,21H2,1-2H3. The average Bonchev–Trinajstić information content (AvgIpc) is 2.98. The summed E-state index contributed by atoms with van der Waals surface area (Å²) in [7, 11) is 0. The first-order chi connectivity index (χ1) is 11.2. The first-order valence-corrected chi connectivity index (χ1v) is 8.15. The summed E-state index contributed by atoms with van der Waals surface area (Å²) in [5.74, 6) is 1.77. The molecule has 0 bridgehead atoms. The van der Waals surface area contributed by atoms with Crippen LogP contribution in [0.2, 0.25) is 0 Å². The Hall–Kier alpha value is -2.26. The molecule has 0 aliphatic heterocycles. The fourth-order valence-electron chi connectivity index (χ4n) is 2.70. The number of fused-ring (bicyclic) bond motifs is 1. The molecule has 1 unspecified atom stereocenters. The van der Waals surface area contributed by atoms with Crippen molar-refractivity contribution in [3.05, 3.63) is 65.4 Å². The van der Waals surface area contributed by atoms with Gasteiger partial charge >= 0.3 is 0 Å². The van der Waals surface area contributed by atoms with Crippen LogP contribution in [0, 0.1) is 0 Å². The molecule has 0 fully saturated rings. The molecule has 0 amide bonds. The lowest BCUT2D eigenvalue weighted by Crippen LogP contribution is -2.02. The third-order valence-corrected chi connectivity index (χ3v) is 3.99. The van der Waals surface area contributed by atoms with Gasteiger partial charge in [-0.3, -0.25) is 0 Å². The number of furan rings is 1. The SMILES string of the molecule is CCOc1ccc(CCc2ccc3oc(C(C)N)cc3c2)cc1. The largest absolute Gasteiger partial charge is 0.494 e. The third kappa shape index (κ3) is 3.74. The van der Waals surface area contributed by atoms with Crippen LogP contribution in [-0.4, -0.2) is 6.61 Å². The number of benzene rings is 2. The summed E-state index contributed by atoms with van der Waals surface area (Å²) >= 11 is 0.